The van der Waals surface area contributed by atoms with Gasteiger partial charge in [-0.05, 0) is 6.07 Å². The largest absolute Gasteiger partial charge is 0.496 e. The Morgan fingerprint density at radius 2 is 2.24 bits per heavy atom. The van der Waals surface area contributed by atoms with Gasteiger partial charge in [-0.3, -0.25) is 14.9 Å². The summed E-state index contributed by atoms with van der Waals surface area (Å²) in [5.74, 6) is 0.335. The van der Waals surface area contributed by atoms with Gasteiger partial charge < -0.3 is 9.72 Å². The van der Waals surface area contributed by atoms with Crippen LogP contribution < -0.4 is 4.74 Å². The van der Waals surface area contributed by atoms with Gasteiger partial charge in [-0.25, -0.2) is 0 Å². The molecule has 0 spiro atoms. The zero-order valence-corrected chi connectivity index (χ0v) is 11.8. The molecular formula is C14H10N2O4S. The molecule has 0 radical (unpaired) electrons. The molecule has 6 nitrogen and oxygen atoms in total. The molecule has 0 atom stereocenters. The van der Waals surface area contributed by atoms with Crippen LogP contribution in [-0.4, -0.2) is 22.8 Å². The van der Waals surface area contributed by atoms with Crippen molar-refractivity contribution in [2.75, 3.05) is 7.11 Å². The van der Waals surface area contributed by atoms with Crippen LogP contribution in [0.1, 0.15) is 15.2 Å². The molecule has 2 heterocycles. The summed E-state index contributed by atoms with van der Waals surface area (Å²) in [6, 6.07) is 6.30. The first kappa shape index (κ1) is 13.3. The molecule has 1 N–H and O–H groups in total. The van der Waals surface area contributed by atoms with Gasteiger partial charge in [-0.1, -0.05) is 6.07 Å². The van der Waals surface area contributed by atoms with Crippen molar-refractivity contribution in [3.63, 3.8) is 0 Å². The third-order valence-electron chi connectivity index (χ3n) is 3.16. The van der Waals surface area contributed by atoms with Gasteiger partial charge in [0.15, 0.2) is 0 Å². The number of ether oxygens (including phenoxy) is 1. The lowest BCUT2D eigenvalue weighted by Gasteiger charge is -1.98. The van der Waals surface area contributed by atoms with Crippen molar-refractivity contribution in [1.82, 2.24) is 4.98 Å². The number of nitro benzene ring substituents is 1. The highest BCUT2D eigenvalue weighted by atomic mass is 32.1. The maximum absolute atomic E-state index is 12.5. The topological polar surface area (TPSA) is 85.2 Å². The van der Waals surface area contributed by atoms with Crippen molar-refractivity contribution >= 4 is 33.7 Å². The molecule has 0 fully saturated rings. The minimum absolute atomic E-state index is 0.0828. The molecule has 0 amide bonds. The predicted octanol–water partition coefficient (Wildman–Crippen LogP) is 3.38. The van der Waals surface area contributed by atoms with E-state index in [4.69, 9.17) is 4.74 Å². The first-order valence-electron chi connectivity index (χ1n) is 6.03. The molecule has 106 valence electrons. The molecule has 0 unspecified atom stereocenters. The van der Waals surface area contributed by atoms with Crippen LogP contribution in [0.3, 0.4) is 0 Å². The fraction of sp³-hybridized carbons (Fsp3) is 0.0714. The van der Waals surface area contributed by atoms with Crippen LogP contribution in [-0.2, 0) is 0 Å². The number of benzene rings is 1. The van der Waals surface area contributed by atoms with E-state index in [1.165, 1.54) is 30.7 Å². The number of hydrogen-bond acceptors (Lipinski definition) is 5. The number of thiophene rings is 1. The molecule has 7 heteroatoms. The Labute approximate surface area is 123 Å². The average molecular weight is 302 g/mol. The number of nitrogens with zero attached hydrogens (tertiary/aromatic N) is 1. The number of fused-ring (bicyclic) bond motifs is 1. The molecule has 1 aromatic carbocycles. The number of nitrogens with one attached hydrogen (secondary N) is 1. The molecule has 0 aliphatic carbocycles. The van der Waals surface area contributed by atoms with Crippen molar-refractivity contribution < 1.29 is 14.5 Å². The molecule has 0 saturated heterocycles. The number of H-pyrrole nitrogens is 1. The standard InChI is InChI=1S/C14H10N2O4S/c1-20-8-5-12(21-7-8)14(17)9-6-15-10-3-2-4-11(13(9)10)16(18)19/h2-7,15H,1H3. The smallest absolute Gasteiger partial charge is 0.279 e. The van der Waals surface area contributed by atoms with E-state index in [0.29, 0.717) is 27.1 Å². The Balaban J connectivity index is 2.16. The summed E-state index contributed by atoms with van der Waals surface area (Å²) >= 11 is 1.24. The minimum Gasteiger partial charge on any atom is -0.496 e. The minimum atomic E-state index is -0.484. The number of carbonyl (C=O) groups is 1. The summed E-state index contributed by atoms with van der Waals surface area (Å²) in [5.41, 5.74) is 0.776. The number of hydrogen-bond donors (Lipinski definition) is 1. The lowest BCUT2D eigenvalue weighted by atomic mass is 10.1. The van der Waals surface area contributed by atoms with Gasteiger partial charge in [0.2, 0.25) is 5.78 Å². The first-order chi connectivity index (χ1) is 10.1. The highest BCUT2D eigenvalue weighted by Gasteiger charge is 2.22. The van der Waals surface area contributed by atoms with Gasteiger partial charge in [0.25, 0.3) is 5.69 Å². The van der Waals surface area contributed by atoms with Crippen LogP contribution in [0, 0.1) is 10.1 Å². The summed E-state index contributed by atoms with van der Waals surface area (Å²) in [6.07, 6.45) is 1.51. The van der Waals surface area contributed by atoms with Crippen molar-refractivity contribution in [3.05, 3.63) is 56.4 Å². The fourth-order valence-corrected chi connectivity index (χ4v) is 2.98. The summed E-state index contributed by atoms with van der Waals surface area (Å²) < 4.78 is 5.05. The normalized spacial score (nSPS) is 10.7. The van der Waals surface area contributed by atoms with Gasteiger partial charge in [0.05, 0.1) is 33.4 Å². The number of non-ortho nitro benzene ring substituents is 1. The SMILES string of the molecule is COc1csc(C(=O)c2c[nH]c3cccc([N+](=O)[O-])c23)c1. The Kier molecular flexibility index (Phi) is 3.19. The molecule has 3 rings (SSSR count). The average Bonchev–Trinajstić information content (AvgIpc) is 3.12. The van der Waals surface area contributed by atoms with Crippen LogP contribution >= 0.6 is 11.3 Å². The predicted molar refractivity (Wildman–Crippen MR) is 79.3 cm³/mol. The Hall–Kier alpha value is -2.67. The van der Waals surface area contributed by atoms with Crippen LogP contribution in [0.2, 0.25) is 0 Å². The van der Waals surface area contributed by atoms with Gasteiger partial charge >= 0.3 is 0 Å². The molecule has 0 saturated carbocycles. The monoisotopic (exact) mass is 302 g/mol. The van der Waals surface area contributed by atoms with E-state index in [1.54, 1.807) is 23.6 Å². The molecule has 21 heavy (non-hydrogen) atoms. The molecule has 3 aromatic rings. The van der Waals surface area contributed by atoms with Gasteiger partial charge in [-0.2, -0.15) is 0 Å². The van der Waals surface area contributed by atoms with E-state index >= 15 is 0 Å². The quantitative estimate of drug-likeness (QED) is 0.455. The van der Waals surface area contributed by atoms with E-state index in [-0.39, 0.29) is 11.5 Å². The van der Waals surface area contributed by atoms with Crippen LogP contribution in [0.15, 0.2) is 35.8 Å². The van der Waals surface area contributed by atoms with Gasteiger partial charge in [0, 0.05) is 23.7 Å². The van der Waals surface area contributed by atoms with E-state index in [1.807, 2.05) is 0 Å². The van der Waals surface area contributed by atoms with Crippen molar-refractivity contribution in [1.29, 1.82) is 0 Å². The number of aromatic nitrogens is 1. The third-order valence-corrected chi connectivity index (χ3v) is 4.07. The first-order valence-corrected chi connectivity index (χ1v) is 6.91. The second-order valence-corrected chi connectivity index (χ2v) is 5.25. The van der Waals surface area contributed by atoms with E-state index < -0.39 is 4.92 Å². The Bertz CT molecular complexity index is 850. The number of carbonyl (C=O) groups excluding carboxylic acids is 1. The van der Waals surface area contributed by atoms with Gasteiger partial charge in [-0.15, -0.1) is 11.3 Å². The lowest BCUT2D eigenvalue weighted by molar-refractivity contribution is -0.383. The number of nitro groups is 1. The fourth-order valence-electron chi connectivity index (χ4n) is 2.17. The number of ketones is 1. The summed E-state index contributed by atoms with van der Waals surface area (Å²) in [7, 11) is 1.52. The molecule has 0 bridgehead atoms. The summed E-state index contributed by atoms with van der Waals surface area (Å²) in [4.78, 5) is 26.6. The van der Waals surface area contributed by atoms with Crippen LogP contribution in [0.4, 0.5) is 5.69 Å². The van der Waals surface area contributed by atoms with Crippen LogP contribution in [0.25, 0.3) is 10.9 Å². The van der Waals surface area contributed by atoms with Crippen molar-refractivity contribution in [2.24, 2.45) is 0 Å². The third kappa shape index (κ3) is 2.17. The molecule has 0 aliphatic heterocycles. The van der Waals surface area contributed by atoms with Crippen molar-refractivity contribution in [3.8, 4) is 5.75 Å². The second-order valence-electron chi connectivity index (χ2n) is 4.34. The van der Waals surface area contributed by atoms with E-state index in [0.717, 1.165) is 0 Å². The second kappa shape index (κ2) is 5.02. The van der Waals surface area contributed by atoms with E-state index in [9.17, 15) is 14.9 Å². The van der Waals surface area contributed by atoms with E-state index in [2.05, 4.69) is 4.98 Å². The number of rotatable bonds is 4. The zero-order valence-electron chi connectivity index (χ0n) is 11.0. The maximum atomic E-state index is 12.5. The Morgan fingerprint density at radius 3 is 2.90 bits per heavy atom. The highest BCUT2D eigenvalue weighted by molar-refractivity contribution is 7.12. The number of methoxy groups -OCH3 is 1. The lowest BCUT2D eigenvalue weighted by Crippen LogP contribution is -1.99. The van der Waals surface area contributed by atoms with Gasteiger partial charge in [0.1, 0.15) is 5.75 Å². The van der Waals surface area contributed by atoms with Crippen molar-refractivity contribution in [2.45, 2.75) is 0 Å². The molecule has 0 aliphatic rings. The Morgan fingerprint density at radius 1 is 1.43 bits per heavy atom. The zero-order chi connectivity index (χ0) is 15.0. The molecule has 2 aromatic heterocycles. The summed E-state index contributed by atoms with van der Waals surface area (Å²) in [5, 5.41) is 13.2. The highest BCUT2D eigenvalue weighted by Crippen LogP contribution is 2.32. The summed E-state index contributed by atoms with van der Waals surface area (Å²) in [6.45, 7) is 0. The van der Waals surface area contributed by atoms with Crippen LogP contribution in [0.5, 0.6) is 5.75 Å². The number of aromatic amines is 1. The molecular weight excluding hydrogens is 292 g/mol. The maximum Gasteiger partial charge on any atom is 0.279 e.